The minimum Gasteiger partial charge on any atom is -0.325 e. The summed E-state index contributed by atoms with van der Waals surface area (Å²) in [7, 11) is 2.00. The maximum atomic E-state index is 12.1. The van der Waals surface area contributed by atoms with Crippen LogP contribution in [0.2, 0.25) is 0 Å². The highest BCUT2D eigenvalue weighted by Gasteiger charge is 2.19. The van der Waals surface area contributed by atoms with Crippen LogP contribution in [0.25, 0.3) is 0 Å². The lowest BCUT2D eigenvalue weighted by Crippen LogP contribution is -2.44. The normalized spacial score (nSPS) is 17.1. The van der Waals surface area contributed by atoms with Crippen LogP contribution >= 0.6 is 15.9 Å². The van der Waals surface area contributed by atoms with Crippen molar-refractivity contribution in [2.75, 3.05) is 32.0 Å². The molecule has 0 radical (unpaired) electrons. The first-order chi connectivity index (χ1) is 9.58. The van der Waals surface area contributed by atoms with E-state index in [0.717, 1.165) is 41.7 Å². The molecule has 110 valence electrons. The highest BCUT2D eigenvalue weighted by atomic mass is 79.9. The molecule has 4 nitrogen and oxygen atoms in total. The summed E-state index contributed by atoms with van der Waals surface area (Å²) in [5.74, 6) is 0.0679. The van der Waals surface area contributed by atoms with Gasteiger partial charge in [0.25, 0.3) is 0 Å². The van der Waals surface area contributed by atoms with Crippen molar-refractivity contribution in [1.82, 2.24) is 10.2 Å². The Kier molecular flexibility index (Phi) is 5.57. The molecule has 20 heavy (non-hydrogen) atoms. The van der Waals surface area contributed by atoms with Crippen molar-refractivity contribution in [2.24, 2.45) is 0 Å². The molecule has 2 N–H and O–H groups in total. The average molecular weight is 340 g/mol. The van der Waals surface area contributed by atoms with Gasteiger partial charge in [0.05, 0.1) is 6.54 Å². The number of anilines is 1. The summed E-state index contributed by atoms with van der Waals surface area (Å²) in [4.78, 5) is 14.3. The molecular weight excluding hydrogens is 318 g/mol. The van der Waals surface area contributed by atoms with E-state index in [1.165, 1.54) is 0 Å². The van der Waals surface area contributed by atoms with Crippen molar-refractivity contribution in [3.05, 3.63) is 28.2 Å². The number of amides is 1. The van der Waals surface area contributed by atoms with E-state index in [1.807, 2.05) is 32.2 Å². The van der Waals surface area contributed by atoms with Crippen molar-refractivity contribution in [2.45, 2.75) is 25.8 Å². The van der Waals surface area contributed by atoms with Crippen molar-refractivity contribution < 1.29 is 4.79 Å². The van der Waals surface area contributed by atoms with Gasteiger partial charge in [0, 0.05) is 29.3 Å². The summed E-state index contributed by atoms with van der Waals surface area (Å²) in [6, 6.07) is 6.49. The molecule has 0 saturated carbocycles. The summed E-state index contributed by atoms with van der Waals surface area (Å²) in [6.07, 6.45) is 2.22. The number of carbonyl (C=O) groups excluding carboxylic acids is 1. The van der Waals surface area contributed by atoms with Crippen LogP contribution < -0.4 is 10.6 Å². The van der Waals surface area contributed by atoms with E-state index in [2.05, 4.69) is 31.5 Å². The van der Waals surface area contributed by atoms with Crippen molar-refractivity contribution in [3.63, 3.8) is 0 Å². The molecule has 1 fully saturated rings. The first-order valence-corrected chi connectivity index (χ1v) is 7.83. The van der Waals surface area contributed by atoms with Crippen LogP contribution in [-0.4, -0.2) is 43.5 Å². The van der Waals surface area contributed by atoms with Gasteiger partial charge in [-0.15, -0.1) is 0 Å². The Balaban J connectivity index is 1.84. The van der Waals surface area contributed by atoms with Crippen LogP contribution in [0.5, 0.6) is 0 Å². The van der Waals surface area contributed by atoms with Gasteiger partial charge in [0.1, 0.15) is 0 Å². The molecule has 1 amide bonds. The molecule has 0 atom stereocenters. The molecule has 1 aromatic carbocycles. The average Bonchev–Trinajstić information content (AvgIpc) is 2.43. The topological polar surface area (TPSA) is 44.4 Å². The van der Waals surface area contributed by atoms with Crippen LogP contribution in [-0.2, 0) is 4.79 Å². The summed E-state index contributed by atoms with van der Waals surface area (Å²) in [5.41, 5.74) is 1.96. The molecule has 2 rings (SSSR count). The van der Waals surface area contributed by atoms with Crippen LogP contribution in [0.3, 0.4) is 0 Å². The molecule has 0 aliphatic carbocycles. The van der Waals surface area contributed by atoms with Crippen LogP contribution in [0.1, 0.15) is 18.4 Å². The number of piperidine rings is 1. The fourth-order valence-corrected chi connectivity index (χ4v) is 3.02. The minimum atomic E-state index is 0.0679. The number of nitrogens with one attached hydrogen (secondary N) is 2. The zero-order chi connectivity index (χ0) is 14.5. The third-order valence-corrected chi connectivity index (χ3v) is 4.32. The Morgan fingerprint density at radius 1 is 1.40 bits per heavy atom. The number of benzene rings is 1. The van der Waals surface area contributed by atoms with Crippen LogP contribution in [0.4, 0.5) is 5.69 Å². The molecule has 5 heteroatoms. The highest BCUT2D eigenvalue weighted by molar-refractivity contribution is 9.10. The fourth-order valence-electron chi connectivity index (χ4n) is 2.54. The largest absolute Gasteiger partial charge is 0.325 e. The third kappa shape index (κ3) is 4.30. The Morgan fingerprint density at radius 2 is 2.10 bits per heavy atom. The van der Waals surface area contributed by atoms with Gasteiger partial charge in [0.15, 0.2) is 0 Å². The lowest BCUT2D eigenvalue weighted by atomic mass is 10.1. The number of aryl methyl sites for hydroxylation is 1. The predicted octanol–water partition coefficient (Wildman–Crippen LogP) is 2.38. The molecule has 1 aliphatic heterocycles. The molecule has 0 spiro atoms. The molecular formula is C15H22BrN3O. The molecule has 1 aliphatic rings. The smallest absolute Gasteiger partial charge is 0.238 e. The van der Waals surface area contributed by atoms with Gasteiger partial charge < -0.3 is 10.6 Å². The zero-order valence-electron chi connectivity index (χ0n) is 12.1. The second-order valence-corrected chi connectivity index (χ2v) is 6.26. The van der Waals surface area contributed by atoms with E-state index in [0.29, 0.717) is 12.6 Å². The van der Waals surface area contributed by atoms with E-state index in [-0.39, 0.29) is 5.91 Å². The zero-order valence-corrected chi connectivity index (χ0v) is 13.7. The summed E-state index contributed by atoms with van der Waals surface area (Å²) < 4.78 is 1.03. The van der Waals surface area contributed by atoms with Crippen LogP contribution in [0, 0.1) is 6.92 Å². The second kappa shape index (κ2) is 7.20. The number of likely N-dealkylation sites (tertiary alicyclic amines) is 1. The Labute approximate surface area is 129 Å². The van der Waals surface area contributed by atoms with Gasteiger partial charge in [-0.2, -0.15) is 0 Å². The van der Waals surface area contributed by atoms with Crippen molar-refractivity contribution in [1.29, 1.82) is 0 Å². The summed E-state index contributed by atoms with van der Waals surface area (Å²) >= 11 is 3.43. The molecule has 1 aromatic rings. The van der Waals surface area contributed by atoms with Crippen molar-refractivity contribution >= 4 is 27.5 Å². The molecule has 0 aromatic heterocycles. The summed E-state index contributed by atoms with van der Waals surface area (Å²) in [5, 5.41) is 6.29. The number of carbonyl (C=O) groups is 1. The SMILES string of the molecule is CNC1CCN(CC(=O)Nc2ccc(Br)cc2C)CC1. The number of rotatable bonds is 4. The van der Waals surface area contributed by atoms with Gasteiger partial charge >= 0.3 is 0 Å². The van der Waals surface area contributed by atoms with E-state index in [1.54, 1.807) is 0 Å². The first-order valence-electron chi connectivity index (χ1n) is 7.04. The highest BCUT2D eigenvalue weighted by Crippen LogP contribution is 2.20. The quantitative estimate of drug-likeness (QED) is 0.885. The van der Waals surface area contributed by atoms with E-state index < -0.39 is 0 Å². The first kappa shape index (κ1) is 15.5. The minimum absolute atomic E-state index is 0.0679. The Hall–Kier alpha value is -0.910. The molecule has 0 unspecified atom stereocenters. The van der Waals surface area contributed by atoms with Gasteiger partial charge in [-0.25, -0.2) is 0 Å². The second-order valence-electron chi connectivity index (χ2n) is 5.35. The maximum Gasteiger partial charge on any atom is 0.238 e. The monoisotopic (exact) mass is 339 g/mol. The third-order valence-electron chi connectivity index (χ3n) is 3.83. The number of nitrogens with zero attached hydrogens (tertiary/aromatic N) is 1. The fraction of sp³-hybridized carbons (Fsp3) is 0.533. The molecule has 0 bridgehead atoms. The van der Waals surface area contributed by atoms with Gasteiger partial charge in [0.2, 0.25) is 5.91 Å². The van der Waals surface area contributed by atoms with E-state index in [9.17, 15) is 4.79 Å². The van der Waals surface area contributed by atoms with Gasteiger partial charge in [-0.3, -0.25) is 9.69 Å². The molecule has 1 heterocycles. The Bertz CT molecular complexity index is 470. The molecule has 1 saturated heterocycles. The number of halogens is 1. The maximum absolute atomic E-state index is 12.1. The lowest BCUT2D eigenvalue weighted by molar-refractivity contribution is -0.117. The van der Waals surface area contributed by atoms with Crippen molar-refractivity contribution in [3.8, 4) is 0 Å². The summed E-state index contributed by atoms with van der Waals surface area (Å²) in [6.45, 7) is 4.45. The van der Waals surface area contributed by atoms with Gasteiger partial charge in [-0.1, -0.05) is 15.9 Å². The predicted molar refractivity (Wildman–Crippen MR) is 86.0 cm³/mol. The standard InChI is InChI=1S/C15H22BrN3O/c1-11-9-12(16)3-4-14(11)18-15(20)10-19-7-5-13(17-2)6-8-19/h3-4,9,13,17H,5-8,10H2,1-2H3,(H,18,20). The van der Waals surface area contributed by atoms with E-state index in [4.69, 9.17) is 0 Å². The van der Waals surface area contributed by atoms with Crippen LogP contribution in [0.15, 0.2) is 22.7 Å². The van der Waals surface area contributed by atoms with Gasteiger partial charge in [-0.05, 0) is 50.6 Å². The van der Waals surface area contributed by atoms with E-state index >= 15 is 0 Å². The number of hydrogen-bond acceptors (Lipinski definition) is 3. The lowest BCUT2D eigenvalue weighted by Gasteiger charge is -2.31. The Morgan fingerprint density at radius 3 is 2.70 bits per heavy atom. The number of hydrogen-bond donors (Lipinski definition) is 2.